The van der Waals surface area contributed by atoms with Crippen molar-refractivity contribution in [1.82, 2.24) is 14.7 Å². The lowest BCUT2D eigenvalue weighted by molar-refractivity contribution is -0.160. The molecule has 3 aliphatic heterocycles. The van der Waals surface area contributed by atoms with Crippen LogP contribution in [-0.2, 0) is 19.1 Å². The Morgan fingerprint density at radius 2 is 1.73 bits per heavy atom. The van der Waals surface area contributed by atoms with Crippen molar-refractivity contribution in [2.45, 2.75) is 110 Å². The summed E-state index contributed by atoms with van der Waals surface area (Å²) in [4.78, 5) is 48.3. The molecule has 0 aliphatic carbocycles. The van der Waals surface area contributed by atoms with Gasteiger partial charge in [-0.1, -0.05) is 46.8 Å². The smallest absolute Gasteiger partial charge is 0.249 e. The van der Waals surface area contributed by atoms with Gasteiger partial charge in [-0.05, 0) is 57.8 Å². The summed E-state index contributed by atoms with van der Waals surface area (Å²) in [5.74, 6) is -1.96. The first-order chi connectivity index (χ1) is 18.4. The Labute approximate surface area is 241 Å². The summed E-state index contributed by atoms with van der Waals surface area (Å²) in [7, 11) is 1.71. The lowest BCUT2D eigenvalue weighted by atomic mass is 9.66. The molecule has 3 aliphatic rings. The SMILES string of the molecule is C=CCN(C)C(=O)[C@H]1[C@H]2C(=O)N([C@@H](CO)CC(C)C)C(C(=O)N(CC=C)C(C)(C)CC(C)(C)C)C23CC[C@]1(C)O3. The highest BCUT2D eigenvalue weighted by Gasteiger charge is 2.79. The highest BCUT2D eigenvalue weighted by molar-refractivity contribution is 5.99. The molecule has 226 valence electrons. The van der Waals surface area contributed by atoms with Gasteiger partial charge >= 0.3 is 0 Å². The van der Waals surface area contributed by atoms with E-state index in [2.05, 4.69) is 47.8 Å². The van der Waals surface area contributed by atoms with Crippen molar-refractivity contribution in [1.29, 1.82) is 0 Å². The van der Waals surface area contributed by atoms with E-state index in [9.17, 15) is 19.5 Å². The minimum absolute atomic E-state index is 0.0521. The van der Waals surface area contributed by atoms with Gasteiger partial charge in [-0.15, -0.1) is 13.2 Å². The molecule has 8 nitrogen and oxygen atoms in total. The molecule has 8 heteroatoms. The fourth-order valence-electron chi connectivity index (χ4n) is 8.06. The molecule has 6 atom stereocenters. The third-order valence-corrected chi connectivity index (χ3v) is 9.11. The zero-order chi connectivity index (χ0) is 30.4. The Bertz CT molecular complexity index is 1020. The molecular weight excluding hydrogens is 506 g/mol. The lowest BCUT2D eigenvalue weighted by Crippen LogP contribution is -2.62. The van der Waals surface area contributed by atoms with Gasteiger partial charge in [0.05, 0.1) is 30.1 Å². The Morgan fingerprint density at radius 3 is 2.23 bits per heavy atom. The van der Waals surface area contributed by atoms with Gasteiger partial charge < -0.3 is 24.5 Å². The van der Waals surface area contributed by atoms with Crippen molar-refractivity contribution in [3.8, 4) is 0 Å². The van der Waals surface area contributed by atoms with E-state index in [4.69, 9.17) is 4.74 Å². The average Bonchev–Trinajstić information content (AvgIpc) is 3.39. The quantitative estimate of drug-likeness (QED) is 0.365. The third-order valence-electron chi connectivity index (χ3n) is 9.11. The molecule has 3 fully saturated rings. The molecule has 3 saturated heterocycles. The van der Waals surface area contributed by atoms with Crippen LogP contribution >= 0.6 is 0 Å². The van der Waals surface area contributed by atoms with Gasteiger partial charge in [0.2, 0.25) is 17.7 Å². The van der Waals surface area contributed by atoms with Crippen molar-refractivity contribution in [2.24, 2.45) is 23.2 Å². The largest absolute Gasteiger partial charge is 0.394 e. The zero-order valence-electron chi connectivity index (χ0n) is 26.3. The van der Waals surface area contributed by atoms with E-state index in [1.807, 2.05) is 25.7 Å². The van der Waals surface area contributed by atoms with E-state index in [-0.39, 0.29) is 35.7 Å². The van der Waals surface area contributed by atoms with Crippen LogP contribution in [0.3, 0.4) is 0 Å². The summed E-state index contributed by atoms with van der Waals surface area (Å²) < 4.78 is 6.82. The molecule has 0 aromatic carbocycles. The number of ether oxygens (including phenoxy) is 1. The molecule has 0 aromatic rings. The van der Waals surface area contributed by atoms with Gasteiger partial charge in [0.1, 0.15) is 11.6 Å². The van der Waals surface area contributed by atoms with Gasteiger partial charge in [-0.25, -0.2) is 0 Å². The minimum atomic E-state index is -1.14. The molecule has 2 bridgehead atoms. The van der Waals surface area contributed by atoms with Gasteiger partial charge in [0.25, 0.3) is 0 Å². The number of amides is 3. The van der Waals surface area contributed by atoms with E-state index in [1.54, 1.807) is 29.0 Å². The van der Waals surface area contributed by atoms with Crippen LogP contribution in [0.1, 0.15) is 81.1 Å². The second kappa shape index (κ2) is 11.2. The summed E-state index contributed by atoms with van der Waals surface area (Å²) in [5.41, 5.74) is -2.59. The van der Waals surface area contributed by atoms with Crippen LogP contribution in [-0.4, -0.2) is 93.1 Å². The van der Waals surface area contributed by atoms with E-state index >= 15 is 0 Å². The number of carbonyl (C=O) groups excluding carboxylic acids is 3. The number of rotatable bonds is 12. The van der Waals surface area contributed by atoms with Crippen LogP contribution in [0.4, 0.5) is 0 Å². The molecule has 3 heterocycles. The van der Waals surface area contributed by atoms with Crippen LogP contribution in [0.25, 0.3) is 0 Å². The predicted molar refractivity (Wildman–Crippen MR) is 157 cm³/mol. The van der Waals surface area contributed by atoms with Gasteiger partial charge in [-0.2, -0.15) is 0 Å². The molecule has 2 unspecified atom stereocenters. The third kappa shape index (κ3) is 5.50. The maximum absolute atomic E-state index is 14.9. The summed E-state index contributed by atoms with van der Waals surface area (Å²) in [6, 6.07) is -1.50. The van der Waals surface area contributed by atoms with Crippen molar-refractivity contribution < 1.29 is 24.2 Å². The van der Waals surface area contributed by atoms with Crippen LogP contribution in [0.5, 0.6) is 0 Å². The first-order valence-corrected chi connectivity index (χ1v) is 14.8. The van der Waals surface area contributed by atoms with Gasteiger partial charge in [0.15, 0.2) is 0 Å². The highest BCUT2D eigenvalue weighted by atomic mass is 16.5. The van der Waals surface area contributed by atoms with Gasteiger partial charge in [0, 0.05) is 25.7 Å². The van der Waals surface area contributed by atoms with E-state index in [1.165, 1.54) is 0 Å². The van der Waals surface area contributed by atoms with E-state index in [0.717, 1.165) is 6.42 Å². The Balaban J connectivity index is 2.19. The molecule has 1 N–H and O–H groups in total. The first-order valence-electron chi connectivity index (χ1n) is 14.8. The van der Waals surface area contributed by atoms with Crippen molar-refractivity contribution in [3.63, 3.8) is 0 Å². The lowest BCUT2D eigenvalue weighted by Gasteiger charge is -2.46. The van der Waals surface area contributed by atoms with E-state index < -0.39 is 40.7 Å². The Hall–Kier alpha value is -2.19. The van der Waals surface area contributed by atoms with Crippen LogP contribution in [0.2, 0.25) is 0 Å². The minimum Gasteiger partial charge on any atom is -0.394 e. The Morgan fingerprint density at radius 1 is 1.12 bits per heavy atom. The average molecular weight is 560 g/mol. The van der Waals surface area contributed by atoms with Crippen molar-refractivity contribution in [3.05, 3.63) is 25.3 Å². The summed E-state index contributed by atoms with van der Waals surface area (Å²) in [6.07, 6.45) is 5.73. The maximum atomic E-state index is 14.9. The molecule has 3 amide bonds. The van der Waals surface area contributed by atoms with Crippen LogP contribution in [0.15, 0.2) is 25.3 Å². The summed E-state index contributed by atoms with van der Waals surface area (Å²) in [6.45, 7) is 24.6. The number of hydrogen-bond donors (Lipinski definition) is 1. The fraction of sp³-hybridized carbons (Fsp3) is 0.781. The zero-order valence-corrected chi connectivity index (χ0v) is 26.3. The molecular formula is C32H53N3O5. The van der Waals surface area contributed by atoms with Crippen LogP contribution < -0.4 is 0 Å². The molecule has 0 saturated carbocycles. The highest BCUT2D eigenvalue weighted by Crippen LogP contribution is 2.64. The summed E-state index contributed by atoms with van der Waals surface area (Å²) in [5, 5.41) is 10.6. The monoisotopic (exact) mass is 559 g/mol. The molecule has 3 rings (SSSR count). The van der Waals surface area contributed by atoms with E-state index in [0.29, 0.717) is 32.4 Å². The number of hydrogen-bond acceptors (Lipinski definition) is 5. The first kappa shape index (κ1) is 32.3. The fourth-order valence-corrected chi connectivity index (χ4v) is 8.06. The summed E-state index contributed by atoms with van der Waals surface area (Å²) >= 11 is 0. The number of likely N-dealkylation sites (N-methyl/N-ethyl adjacent to an activating group) is 1. The Kier molecular flexibility index (Phi) is 9.08. The normalized spacial score (nSPS) is 30.4. The number of aliphatic hydroxyl groups excluding tert-OH is 1. The molecule has 0 radical (unpaired) electrons. The standard InChI is InChI=1S/C32H53N3O5/c1-12-16-33(11)26(37)23-24-27(38)35(22(19-36)18-21(3)4)25(32(24)15-14-31(23,10)40-32)28(39)34(17-13-2)30(8,9)20-29(5,6)7/h12-13,21-25,36H,1-2,14-20H2,3-11H3/t22-,23-,24+,25?,31+,32?/m1/s1. The number of carbonyl (C=O) groups is 3. The topological polar surface area (TPSA) is 90.4 Å². The molecule has 0 aromatic heterocycles. The number of nitrogens with zero attached hydrogens (tertiary/aromatic N) is 3. The predicted octanol–water partition coefficient (Wildman–Crippen LogP) is 4.03. The van der Waals surface area contributed by atoms with Crippen molar-refractivity contribution >= 4 is 17.7 Å². The number of fused-ring (bicyclic) bond motifs is 1. The van der Waals surface area contributed by atoms with Crippen LogP contribution in [0, 0.1) is 23.2 Å². The van der Waals surface area contributed by atoms with Gasteiger partial charge in [-0.3, -0.25) is 14.4 Å². The number of aliphatic hydroxyl groups is 1. The second-order valence-corrected chi connectivity index (χ2v) is 14.7. The number of likely N-dealkylation sites (tertiary alicyclic amines) is 1. The van der Waals surface area contributed by atoms with Crippen molar-refractivity contribution in [2.75, 3.05) is 26.7 Å². The second-order valence-electron chi connectivity index (χ2n) is 14.7. The molecule has 1 spiro atoms. The maximum Gasteiger partial charge on any atom is 0.249 e. The molecule has 40 heavy (non-hydrogen) atoms.